The molecule has 0 aliphatic carbocycles. The van der Waals surface area contributed by atoms with Gasteiger partial charge in [-0.1, -0.05) is 42.0 Å². The number of para-hydroxylation sites is 1. The molecule has 3 aromatic rings. The first kappa shape index (κ1) is 19.9. The van der Waals surface area contributed by atoms with Crippen molar-refractivity contribution in [2.75, 3.05) is 5.32 Å². The first-order chi connectivity index (χ1) is 13.8. The largest absolute Gasteiger partial charge is 0.318 e. The SMILES string of the molecule is Cc1ccc(-c2ccc(=O)n(C(C)C(=O)Nc3c(C)cccc3[N+](=O)[O-])n2)cc1. The van der Waals surface area contributed by atoms with E-state index in [0.29, 0.717) is 11.3 Å². The summed E-state index contributed by atoms with van der Waals surface area (Å²) in [6.07, 6.45) is 0. The molecule has 1 N–H and O–H groups in total. The van der Waals surface area contributed by atoms with Gasteiger partial charge in [0.15, 0.2) is 0 Å². The van der Waals surface area contributed by atoms with Crippen LogP contribution in [0.3, 0.4) is 0 Å². The first-order valence-corrected chi connectivity index (χ1v) is 8.99. The molecule has 2 aromatic carbocycles. The van der Waals surface area contributed by atoms with Gasteiger partial charge in [0.25, 0.3) is 11.2 Å². The Labute approximate surface area is 167 Å². The second kappa shape index (κ2) is 8.05. The topological polar surface area (TPSA) is 107 Å². The van der Waals surface area contributed by atoms with Crippen LogP contribution in [0.4, 0.5) is 11.4 Å². The summed E-state index contributed by atoms with van der Waals surface area (Å²) in [6, 6.07) is 14.1. The fraction of sp³-hybridized carbons (Fsp3) is 0.190. The molecule has 8 nitrogen and oxygen atoms in total. The number of benzene rings is 2. The summed E-state index contributed by atoms with van der Waals surface area (Å²) in [5.74, 6) is -0.571. The third-order valence-corrected chi connectivity index (χ3v) is 4.61. The molecular weight excluding hydrogens is 372 g/mol. The van der Waals surface area contributed by atoms with Gasteiger partial charge in [-0.25, -0.2) is 4.68 Å². The summed E-state index contributed by atoms with van der Waals surface area (Å²) in [4.78, 5) is 35.8. The van der Waals surface area contributed by atoms with E-state index in [4.69, 9.17) is 0 Å². The zero-order valence-electron chi connectivity index (χ0n) is 16.2. The van der Waals surface area contributed by atoms with Gasteiger partial charge < -0.3 is 5.32 Å². The molecule has 0 spiro atoms. The number of carbonyl (C=O) groups is 1. The van der Waals surface area contributed by atoms with Crippen LogP contribution in [0.1, 0.15) is 24.1 Å². The van der Waals surface area contributed by atoms with Crippen molar-refractivity contribution in [3.05, 3.63) is 86.2 Å². The summed E-state index contributed by atoms with van der Waals surface area (Å²) in [7, 11) is 0. The van der Waals surface area contributed by atoms with E-state index in [1.165, 1.54) is 19.1 Å². The number of nitrogens with one attached hydrogen (secondary N) is 1. The molecular formula is C21H20N4O4. The number of nitro groups is 1. The average Bonchev–Trinajstić information content (AvgIpc) is 2.69. The standard InChI is InChI=1S/C21H20N4O4/c1-13-7-9-16(10-8-13)17-11-12-19(26)24(23-17)15(3)21(27)22-20-14(2)5-4-6-18(20)25(28)29/h4-12,15H,1-3H3,(H,22,27). The fourth-order valence-electron chi connectivity index (χ4n) is 2.89. The van der Waals surface area contributed by atoms with Gasteiger partial charge in [0.2, 0.25) is 5.91 Å². The van der Waals surface area contributed by atoms with Crippen LogP contribution in [0.2, 0.25) is 0 Å². The van der Waals surface area contributed by atoms with E-state index in [0.717, 1.165) is 15.8 Å². The minimum absolute atomic E-state index is 0.108. The molecule has 1 unspecified atom stereocenters. The van der Waals surface area contributed by atoms with E-state index in [9.17, 15) is 19.7 Å². The Morgan fingerprint density at radius 1 is 1.10 bits per heavy atom. The predicted molar refractivity (Wildman–Crippen MR) is 110 cm³/mol. The fourth-order valence-corrected chi connectivity index (χ4v) is 2.89. The van der Waals surface area contributed by atoms with E-state index in [2.05, 4.69) is 10.4 Å². The number of hydrogen-bond acceptors (Lipinski definition) is 5. The lowest BCUT2D eigenvalue weighted by Crippen LogP contribution is -2.33. The third kappa shape index (κ3) is 4.21. The van der Waals surface area contributed by atoms with Crippen LogP contribution < -0.4 is 10.9 Å². The number of anilines is 1. The number of hydrogen-bond donors (Lipinski definition) is 1. The molecule has 29 heavy (non-hydrogen) atoms. The number of carbonyl (C=O) groups excluding carboxylic acids is 1. The van der Waals surface area contributed by atoms with Gasteiger partial charge in [-0.15, -0.1) is 0 Å². The van der Waals surface area contributed by atoms with Crippen molar-refractivity contribution in [2.24, 2.45) is 0 Å². The smallest absolute Gasteiger partial charge is 0.293 e. The zero-order valence-corrected chi connectivity index (χ0v) is 16.2. The number of aryl methyl sites for hydroxylation is 2. The van der Waals surface area contributed by atoms with E-state index in [1.54, 1.807) is 25.1 Å². The van der Waals surface area contributed by atoms with E-state index >= 15 is 0 Å². The highest BCUT2D eigenvalue weighted by Crippen LogP contribution is 2.28. The van der Waals surface area contributed by atoms with E-state index in [-0.39, 0.29) is 11.4 Å². The third-order valence-electron chi connectivity index (χ3n) is 4.61. The number of rotatable bonds is 5. The molecule has 1 atom stereocenters. The molecule has 0 radical (unpaired) electrons. The van der Waals surface area contributed by atoms with Crippen molar-refractivity contribution < 1.29 is 9.72 Å². The Bertz CT molecular complexity index is 1140. The molecule has 0 saturated heterocycles. The van der Waals surface area contributed by atoms with Gasteiger partial charge >= 0.3 is 0 Å². The quantitative estimate of drug-likeness (QED) is 0.527. The van der Waals surface area contributed by atoms with Crippen molar-refractivity contribution in [3.8, 4) is 11.3 Å². The zero-order chi connectivity index (χ0) is 21.1. The normalized spacial score (nSPS) is 11.7. The summed E-state index contributed by atoms with van der Waals surface area (Å²) in [5.41, 5.74) is 2.46. The Hall–Kier alpha value is -3.81. The maximum Gasteiger partial charge on any atom is 0.293 e. The Morgan fingerprint density at radius 3 is 2.45 bits per heavy atom. The molecule has 0 saturated carbocycles. The van der Waals surface area contributed by atoms with E-state index in [1.807, 2.05) is 31.2 Å². The Balaban J connectivity index is 1.93. The van der Waals surface area contributed by atoms with Crippen molar-refractivity contribution in [3.63, 3.8) is 0 Å². The summed E-state index contributed by atoms with van der Waals surface area (Å²) >= 11 is 0. The van der Waals surface area contributed by atoms with Crippen LogP contribution >= 0.6 is 0 Å². The molecule has 3 rings (SSSR count). The van der Waals surface area contributed by atoms with Crippen LogP contribution in [0.5, 0.6) is 0 Å². The summed E-state index contributed by atoms with van der Waals surface area (Å²) in [5, 5.41) is 18.2. The van der Waals surface area contributed by atoms with Crippen LogP contribution in [0.25, 0.3) is 11.3 Å². The molecule has 0 aliphatic heterocycles. The summed E-state index contributed by atoms with van der Waals surface area (Å²) in [6.45, 7) is 5.15. The lowest BCUT2D eigenvalue weighted by molar-refractivity contribution is -0.384. The van der Waals surface area contributed by atoms with Crippen LogP contribution in [-0.2, 0) is 4.79 Å². The minimum atomic E-state index is -0.966. The van der Waals surface area contributed by atoms with Gasteiger partial charge in [0.05, 0.1) is 10.6 Å². The monoisotopic (exact) mass is 392 g/mol. The molecule has 148 valence electrons. The minimum Gasteiger partial charge on any atom is -0.318 e. The maximum atomic E-state index is 12.8. The van der Waals surface area contributed by atoms with Crippen LogP contribution in [0.15, 0.2) is 59.4 Å². The van der Waals surface area contributed by atoms with Crippen molar-refractivity contribution >= 4 is 17.3 Å². The van der Waals surface area contributed by atoms with Crippen LogP contribution in [-0.4, -0.2) is 20.6 Å². The first-order valence-electron chi connectivity index (χ1n) is 8.99. The molecule has 1 aromatic heterocycles. The van der Waals surface area contributed by atoms with E-state index < -0.39 is 22.4 Å². The Morgan fingerprint density at radius 2 is 1.79 bits per heavy atom. The Kier molecular flexibility index (Phi) is 5.54. The second-order valence-corrected chi connectivity index (χ2v) is 6.76. The second-order valence-electron chi connectivity index (χ2n) is 6.76. The van der Waals surface area contributed by atoms with Crippen LogP contribution in [0, 0.1) is 24.0 Å². The molecule has 0 fully saturated rings. The maximum absolute atomic E-state index is 12.8. The predicted octanol–water partition coefficient (Wildman–Crippen LogP) is 3.64. The van der Waals surface area contributed by atoms with Gasteiger partial charge in [0, 0.05) is 17.7 Å². The highest BCUT2D eigenvalue weighted by molar-refractivity contribution is 5.96. The summed E-state index contributed by atoms with van der Waals surface area (Å²) < 4.78 is 1.08. The number of amides is 1. The van der Waals surface area contributed by atoms with Gasteiger partial charge in [0.1, 0.15) is 11.7 Å². The highest BCUT2D eigenvalue weighted by Gasteiger charge is 2.23. The molecule has 1 amide bonds. The molecule has 0 bridgehead atoms. The number of aromatic nitrogens is 2. The highest BCUT2D eigenvalue weighted by atomic mass is 16.6. The number of nitro benzene ring substituents is 1. The molecule has 8 heteroatoms. The van der Waals surface area contributed by atoms with Gasteiger partial charge in [-0.3, -0.25) is 19.7 Å². The lowest BCUT2D eigenvalue weighted by Gasteiger charge is -2.16. The molecule has 0 aliphatic rings. The lowest BCUT2D eigenvalue weighted by atomic mass is 10.1. The van der Waals surface area contributed by atoms with Gasteiger partial charge in [-0.2, -0.15) is 5.10 Å². The number of nitrogens with zero attached hydrogens (tertiary/aromatic N) is 3. The van der Waals surface area contributed by atoms with Crippen molar-refractivity contribution in [2.45, 2.75) is 26.8 Å². The molecule has 1 heterocycles. The van der Waals surface area contributed by atoms with Crippen molar-refractivity contribution in [1.29, 1.82) is 0 Å². The van der Waals surface area contributed by atoms with Gasteiger partial charge in [-0.05, 0) is 32.4 Å². The average molecular weight is 392 g/mol. The van der Waals surface area contributed by atoms with Crippen molar-refractivity contribution in [1.82, 2.24) is 9.78 Å².